The molecule has 0 bridgehead atoms. The predicted molar refractivity (Wildman–Crippen MR) is 82.2 cm³/mol. The van der Waals surface area contributed by atoms with Crippen molar-refractivity contribution in [1.29, 1.82) is 0 Å². The Morgan fingerprint density at radius 3 is 2.86 bits per heavy atom. The van der Waals surface area contributed by atoms with Crippen molar-refractivity contribution in [2.75, 3.05) is 20.2 Å². The molecule has 4 nitrogen and oxygen atoms in total. The molecule has 1 aromatic carbocycles. The van der Waals surface area contributed by atoms with Gasteiger partial charge < -0.3 is 15.0 Å². The molecule has 1 aromatic rings. The Morgan fingerprint density at radius 2 is 2.10 bits per heavy atom. The molecule has 0 aliphatic carbocycles. The van der Waals surface area contributed by atoms with Crippen molar-refractivity contribution in [3.8, 4) is 0 Å². The Hall–Kier alpha value is -1.39. The molecule has 3 rings (SSSR count). The third-order valence-corrected chi connectivity index (χ3v) is 4.79. The maximum Gasteiger partial charge on any atom is 0.337 e. The summed E-state index contributed by atoms with van der Waals surface area (Å²) in [5.74, 6) is -0.275. The van der Waals surface area contributed by atoms with E-state index in [1.54, 1.807) is 0 Å². The standard InChI is InChI=1S/C17H24N2O2/c1-21-17(20)14-6-4-13(5-7-14)12-18-15-8-10-19-9-2-3-16(19)11-15/h4-7,15-16,18H,2-3,8-12H2,1H3. The summed E-state index contributed by atoms with van der Waals surface area (Å²) in [6.07, 6.45) is 5.26. The molecule has 2 aliphatic rings. The van der Waals surface area contributed by atoms with E-state index in [2.05, 4.69) is 10.2 Å². The number of hydrogen-bond donors (Lipinski definition) is 1. The molecule has 0 radical (unpaired) electrons. The highest BCUT2D eigenvalue weighted by Crippen LogP contribution is 2.26. The van der Waals surface area contributed by atoms with Gasteiger partial charge in [0.05, 0.1) is 12.7 Å². The van der Waals surface area contributed by atoms with Crippen LogP contribution in [0.3, 0.4) is 0 Å². The van der Waals surface area contributed by atoms with Crippen LogP contribution in [0.1, 0.15) is 41.6 Å². The van der Waals surface area contributed by atoms with Gasteiger partial charge in [0.25, 0.3) is 0 Å². The van der Waals surface area contributed by atoms with Crippen LogP contribution in [0, 0.1) is 0 Å². The highest BCUT2D eigenvalue weighted by molar-refractivity contribution is 5.89. The topological polar surface area (TPSA) is 41.6 Å². The van der Waals surface area contributed by atoms with Gasteiger partial charge in [-0.2, -0.15) is 0 Å². The minimum atomic E-state index is -0.275. The van der Waals surface area contributed by atoms with E-state index in [0.29, 0.717) is 11.6 Å². The monoisotopic (exact) mass is 288 g/mol. The van der Waals surface area contributed by atoms with Gasteiger partial charge >= 0.3 is 5.97 Å². The average molecular weight is 288 g/mol. The van der Waals surface area contributed by atoms with E-state index in [1.807, 2.05) is 24.3 Å². The minimum Gasteiger partial charge on any atom is -0.465 e. The second-order valence-corrected chi connectivity index (χ2v) is 6.12. The number of hydrogen-bond acceptors (Lipinski definition) is 4. The largest absolute Gasteiger partial charge is 0.465 e. The predicted octanol–water partition coefficient (Wildman–Crippen LogP) is 2.19. The number of rotatable bonds is 4. The lowest BCUT2D eigenvalue weighted by Crippen LogP contribution is -2.45. The van der Waals surface area contributed by atoms with Gasteiger partial charge in [-0.1, -0.05) is 12.1 Å². The van der Waals surface area contributed by atoms with E-state index in [1.165, 1.54) is 51.4 Å². The number of benzene rings is 1. The van der Waals surface area contributed by atoms with Crippen LogP contribution < -0.4 is 5.32 Å². The van der Waals surface area contributed by atoms with Crippen LogP contribution in [0.5, 0.6) is 0 Å². The maximum absolute atomic E-state index is 11.4. The number of carbonyl (C=O) groups is 1. The number of ether oxygens (including phenoxy) is 1. The Morgan fingerprint density at radius 1 is 1.29 bits per heavy atom. The quantitative estimate of drug-likeness (QED) is 0.862. The van der Waals surface area contributed by atoms with E-state index in [-0.39, 0.29) is 5.97 Å². The number of methoxy groups -OCH3 is 1. The second-order valence-electron chi connectivity index (χ2n) is 6.12. The van der Waals surface area contributed by atoms with Gasteiger partial charge in [-0.25, -0.2) is 4.79 Å². The first-order chi connectivity index (χ1) is 10.3. The number of nitrogens with zero attached hydrogens (tertiary/aromatic N) is 1. The van der Waals surface area contributed by atoms with Gasteiger partial charge in [0.15, 0.2) is 0 Å². The summed E-state index contributed by atoms with van der Waals surface area (Å²) in [7, 11) is 1.41. The SMILES string of the molecule is COC(=O)c1ccc(CNC2CCN3CCCC3C2)cc1. The minimum absolute atomic E-state index is 0.275. The van der Waals surface area contributed by atoms with Crippen LogP contribution in [0.25, 0.3) is 0 Å². The van der Waals surface area contributed by atoms with Crippen molar-refractivity contribution in [3.63, 3.8) is 0 Å². The number of fused-ring (bicyclic) bond motifs is 1. The Kier molecular flexibility index (Phi) is 4.56. The van der Waals surface area contributed by atoms with E-state index >= 15 is 0 Å². The number of carbonyl (C=O) groups excluding carboxylic acids is 1. The van der Waals surface area contributed by atoms with Crippen molar-refractivity contribution in [2.24, 2.45) is 0 Å². The lowest BCUT2D eigenvalue weighted by atomic mass is 9.97. The zero-order valence-electron chi connectivity index (χ0n) is 12.7. The van der Waals surface area contributed by atoms with Crippen LogP contribution >= 0.6 is 0 Å². The summed E-state index contributed by atoms with van der Waals surface area (Å²) >= 11 is 0. The normalized spacial score (nSPS) is 25.6. The fraction of sp³-hybridized carbons (Fsp3) is 0.588. The zero-order chi connectivity index (χ0) is 14.7. The molecule has 0 aromatic heterocycles. The van der Waals surface area contributed by atoms with Gasteiger partial charge in [0, 0.05) is 18.6 Å². The highest BCUT2D eigenvalue weighted by atomic mass is 16.5. The maximum atomic E-state index is 11.4. The van der Waals surface area contributed by atoms with Crippen LogP contribution in [0.2, 0.25) is 0 Å². The number of piperidine rings is 1. The van der Waals surface area contributed by atoms with E-state index < -0.39 is 0 Å². The summed E-state index contributed by atoms with van der Waals surface area (Å²) in [5.41, 5.74) is 1.83. The molecule has 0 saturated carbocycles. The number of nitrogens with one attached hydrogen (secondary N) is 1. The molecule has 114 valence electrons. The van der Waals surface area contributed by atoms with E-state index in [4.69, 9.17) is 4.74 Å². The fourth-order valence-electron chi connectivity index (χ4n) is 3.55. The number of esters is 1. The molecule has 2 saturated heterocycles. The van der Waals surface area contributed by atoms with E-state index in [0.717, 1.165) is 12.6 Å². The molecule has 0 spiro atoms. The molecule has 1 N–H and O–H groups in total. The Bertz CT molecular complexity index is 486. The van der Waals surface area contributed by atoms with Gasteiger partial charge in [0.2, 0.25) is 0 Å². The van der Waals surface area contributed by atoms with E-state index in [9.17, 15) is 4.79 Å². The summed E-state index contributed by atoms with van der Waals surface area (Å²) in [6.45, 7) is 3.41. The molecular weight excluding hydrogens is 264 g/mol. The van der Waals surface area contributed by atoms with Crippen molar-refractivity contribution in [1.82, 2.24) is 10.2 Å². The van der Waals surface area contributed by atoms with Crippen molar-refractivity contribution in [3.05, 3.63) is 35.4 Å². The summed E-state index contributed by atoms with van der Waals surface area (Å²) in [4.78, 5) is 14.0. The summed E-state index contributed by atoms with van der Waals surface area (Å²) < 4.78 is 4.71. The third-order valence-electron chi connectivity index (χ3n) is 4.79. The van der Waals surface area contributed by atoms with Crippen molar-refractivity contribution >= 4 is 5.97 Å². The first kappa shape index (κ1) is 14.5. The van der Waals surface area contributed by atoms with Crippen LogP contribution in [-0.2, 0) is 11.3 Å². The molecule has 2 fully saturated rings. The average Bonchev–Trinajstić information content (AvgIpc) is 3.00. The third kappa shape index (κ3) is 3.44. The fourth-order valence-corrected chi connectivity index (χ4v) is 3.55. The Labute approximate surface area is 126 Å². The lowest BCUT2D eigenvalue weighted by molar-refractivity contribution is 0.0600. The summed E-state index contributed by atoms with van der Waals surface area (Å²) in [6, 6.07) is 9.11. The zero-order valence-corrected chi connectivity index (χ0v) is 12.7. The van der Waals surface area contributed by atoms with Gasteiger partial charge in [0.1, 0.15) is 0 Å². The first-order valence-corrected chi connectivity index (χ1v) is 7.91. The molecule has 2 heterocycles. The molecule has 0 amide bonds. The molecule has 21 heavy (non-hydrogen) atoms. The second kappa shape index (κ2) is 6.58. The lowest BCUT2D eigenvalue weighted by Gasteiger charge is -2.35. The Balaban J connectivity index is 1.50. The smallest absolute Gasteiger partial charge is 0.337 e. The van der Waals surface area contributed by atoms with Gasteiger partial charge in [-0.05, 0) is 56.5 Å². The van der Waals surface area contributed by atoms with Crippen LogP contribution in [-0.4, -0.2) is 43.2 Å². The molecule has 4 heteroatoms. The first-order valence-electron chi connectivity index (χ1n) is 7.91. The van der Waals surface area contributed by atoms with Crippen molar-refractivity contribution < 1.29 is 9.53 Å². The van der Waals surface area contributed by atoms with Gasteiger partial charge in [-0.15, -0.1) is 0 Å². The van der Waals surface area contributed by atoms with Gasteiger partial charge in [-0.3, -0.25) is 0 Å². The van der Waals surface area contributed by atoms with Crippen molar-refractivity contribution in [2.45, 2.75) is 44.3 Å². The van der Waals surface area contributed by atoms with Crippen LogP contribution in [0.15, 0.2) is 24.3 Å². The molecular formula is C17H24N2O2. The molecule has 2 unspecified atom stereocenters. The van der Waals surface area contributed by atoms with Crippen LogP contribution in [0.4, 0.5) is 0 Å². The highest BCUT2D eigenvalue weighted by Gasteiger charge is 2.31. The summed E-state index contributed by atoms with van der Waals surface area (Å²) in [5, 5.41) is 3.67. The molecule has 2 atom stereocenters. The molecule has 2 aliphatic heterocycles.